The Morgan fingerprint density at radius 2 is 1.12 bits per heavy atom. The minimum Gasteiger partial charge on any atom is -0.396 e. The van der Waals surface area contributed by atoms with Gasteiger partial charge in [-0.25, -0.2) is 25.4 Å². The Kier molecular flexibility index (Phi) is 14.1. The van der Waals surface area contributed by atoms with Crippen molar-refractivity contribution in [2.75, 3.05) is 45.3 Å². The average molecular weight is 892 g/mol. The first-order valence-corrected chi connectivity index (χ1v) is 25.1. The van der Waals surface area contributed by atoms with Gasteiger partial charge in [-0.2, -0.15) is 0 Å². The minimum atomic E-state index is -3.18. The molecule has 2 aromatic heterocycles. The van der Waals surface area contributed by atoms with Crippen LogP contribution in [0.2, 0.25) is 10.0 Å². The smallest absolute Gasteiger partial charge is 0.211 e. The standard InChI is InChI=1S/C23H27ClN2O3S.C23H25ClN2O3S/c2*1-30(28,29)26-11-8-16(9-12-26)22-20-7-6-19(24)15-18(20)14-17(4-3-13-27)21-5-2-10-25-23(21)22/h2,5-7,10,14-16,22,27H,3-4,8-9,11-13H2,1H3;2,5-7,10,13-16,22H,3-4,8-9,11-12H2,1H3. The number of pyridine rings is 2. The molecule has 0 amide bonds. The molecule has 4 aromatic rings. The van der Waals surface area contributed by atoms with Gasteiger partial charge in [0, 0.05) is 73.5 Å². The van der Waals surface area contributed by atoms with Crippen LogP contribution < -0.4 is 0 Å². The number of hydrogen-bond donors (Lipinski definition) is 1. The zero-order valence-corrected chi connectivity index (χ0v) is 37.2. The predicted molar refractivity (Wildman–Crippen MR) is 241 cm³/mol. The number of rotatable bonds is 10. The van der Waals surface area contributed by atoms with Crippen molar-refractivity contribution >= 4 is 72.8 Å². The summed E-state index contributed by atoms with van der Waals surface area (Å²) in [6.45, 7) is 2.27. The van der Waals surface area contributed by atoms with Gasteiger partial charge in [0.15, 0.2) is 0 Å². The molecule has 0 radical (unpaired) electrons. The number of hydrogen-bond acceptors (Lipinski definition) is 8. The molecule has 2 aromatic carbocycles. The third-order valence-corrected chi connectivity index (χ3v) is 15.5. The molecule has 0 saturated carbocycles. The lowest BCUT2D eigenvalue weighted by molar-refractivity contribution is -0.107. The fraction of sp³-hybridized carbons (Fsp3) is 0.413. The number of piperidine rings is 2. The molecule has 60 heavy (non-hydrogen) atoms. The predicted octanol–water partition coefficient (Wildman–Crippen LogP) is 8.54. The Balaban J connectivity index is 0.000000181. The molecule has 2 unspecified atom stereocenters. The molecule has 0 bridgehead atoms. The average Bonchev–Trinajstić information content (AvgIpc) is 3.45. The minimum absolute atomic E-state index is 0.0557. The van der Waals surface area contributed by atoms with E-state index in [9.17, 15) is 26.7 Å². The molecule has 2 saturated heterocycles. The van der Waals surface area contributed by atoms with Gasteiger partial charge in [0.25, 0.3) is 0 Å². The van der Waals surface area contributed by atoms with E-state index in [4.69, 9.17) is 33.2 Å². The van der Waals surface area contributed by atoms with Gasteiger partial charge < -0.3 is 9.90 Å². The van der Waals surface area contributed by atoms with Crippen LogP contribution in [-0.2, 0) is 24.8 Å². The summed E-state index contributed by atoms with van der Waals surface area (Å²) in [5, 5.41) is 10.7. The van der Waals surface area contributed by atoms with Gasteiger partial charge in [0.2, 0.25) is 20.0 Å². The fourth-order valence-electron chi connectivity index (χ4n) is 9.54. The van der Waals surface area contributed by atoms with E-state index in [1.807, 2.05) is 48.8 Å². The highest BCUT2D eigenvalue weighted by Gasteiger charge is 2.37. The second kappa shape index (κ2) is 19.1. The van der Waals surface area contributed by atoms with Crippen molar-refractivity contribution < 1.29 is 26.7 Å². The number of carbonyl (C=O) groups is 1. The molecule has 1 N–H and O–H groups in total. The first-order chi connectivity index (χ1) is 28.8. The topological polar surface area (TPSA) is 138 Å². The number of aldehydes is 1. The number of allylic oxidation sites excluding steroid dienone is 2. The zero-order valence-electron chi connectivity index (χ0n) is 34.0. The quantitative estimate of drug-likeness (QED) is 0.157. The number of fused-ring (bicyclic) bond motifs is 4. The third-order valence-electron chi connectivity index (χ3n) is 12.4. The Bertz CT molecular complexity index is 2500. The van der Waals surface area contributed by atoms with Crippen LogP contribution >= 0.6 is 23.2 Å². The number of sulfonamides is 2. The summed E-state index contributed by atoms with van der Waals surface area (Å²) < 4.78 is 51.0. The Morgan fingerprint density at radius 1 is 0.683 bits per heavy atom. The lowest BCUT2D eigenvalue weighted by atomic mass is 9.76. The van der Waals surface area contributed by atoms with Crippen molar-refractivity contribution in [2.24, 2.45) is 11.8 Å². The van der Waals surface area contributed by atoms with Crippen molar-refractivity contribution in [3.05, 3.63) is 128 Å². The monoisotopic (exact) mass is 890 g/mol. The summed E-state index contributed by atoms with van der Waals surface area (Å²) in [7, 11) is -6.34. The van der Waals surface area contributed by atoms with Crippen LogP contribution in [0.15, 0.2) is 73.1 Å². The normalized spacial score (nSPS) is 20.1. The van der Waals surface area contributed by atoms with E-state index in [1.54, 1.807) is 8.61 Å². The number of aromatic nitrogens is 2. The second-order valence-electron chi connectivity index (χ2n) is 16.2. The summed E-state index contributed by atoms with van der Waals surface area (Å²) in [5.41, 5.74) is 11.0. The van der Waals surface area contributed by atoms with Crippen LogP contribution in [-0.4, -0.2) is 92.1 Å². The van der Waals surface area contributed by atoms with E-state index in [0.29, 0.717) is 61.4 Å². The van der Waals surface area contributed by atoms with E-state index in [0.717, 1.165) is 83.2 Å². The lowest BCUT2D eigenvalue weighted by Crippen LogP contribution is -2.39. The van der Waals surface area contributed by atoms with Crippen molar-refractivity contribution in [1.29, 1.82) is 0 Å². The summed E-state index contributed by atoms with van der Waals surface area (Å²) in [4.78, 5) is 20.7. The number of nitrogens with zero attached hydrogens (tertiary/aromatic N) is 4. The second-order valence-corrected chi connectivity index (χ2v) is 21.1. The maximum atomic E-state index is 12.0. The molecule has 2 fully saturated rings. The molecular weight excluding hydrogens is 840 g/mol. The van der Waals surface area contributed by atoms with E-state index in [-0.39, 0.29) is 24.4 Å². The number of aliphatic hydroxyl groups is 1. The molecule has 2 atom stereocenters. The summed E-state index contributed by atoms with van der Waals surface area (Å²) >= 11 is 12.7. The van der Waals surface area contributed by atoms with Crippen molar-refractivity contribution in [1.82, 2.24) is 18.6 Å². The summed E-state index contributed by atoms with van der Waals surface area (Å²) in [5.74, 6) is 0.704. The molecule has 8 rings (SSSR count). The highest BCUT2D eigenvalue weighted by molar-refractivity contribution is 7.88. The first kappa shape index (κ1) is 44.3. The van der Waals surface area contributed by atoms with Crippen LogP contribution in [0.3, 0.4) is 0 Å². The summed E-state index contributed by atoms with van der Waals surface area (Å²) in [6.07, 6.45) is 17.2. The van der Waals surface area contributed by atoms with Crippen molar-refractivity contribution in [2.45, 2.75) is 63.2 Å². The summed E-state index contributed by atoms with van der Waals surface area (Å²) in [6, 6.07) is 20.0. The fourth-order valence-corrected chi connectivity index (χ4v) is 11.6. The molecular formula is C46H52Cl2N4O6S2. The Labute approximate surface area is 364 Å². The molecule has 0 spiro atoms. The molecule has 14 heteroatoms. The van der Waals surface area contributed by atoms with Gasteiger partial charge in [-0.1, -0.05) is 59.6 Å². The van der Waals surface area contributed by atoms with Gasteiger partial charge in [0.05, 0.1) is 23.9 Å². The van der Waals surface area contributed by atoms with Gasteiger partial charge >= 0.3 is 0 Å². The number of carbonyl (C=O) groups excluding carboxylic acids is 1. The maximum Gasteiger partial charge on any atom is 0.211 e. The number of halogens is 2. The van der Waals surface area contributed by atoms with Gasteiger partial charge in [0.1, 0.15) is 6.29 Å². The van der Waals surface area contributed by atoms with E-state index in [1.165, 1.54) is 23.6 Å². The van der Waals surface area contributed by atoms with Crippen LogP contribution in [0.25, 0.3) is 23.3 Å². The van der Waals surface area contributed by atoms with Gasteiger partial charge in [-0.15, -0.1) is 0 Å². The highest BCUT2D eigenvalue weighted by Crippen LogP contribution is 2.47. The van der Waals surface area contributed by atoms with E-state index >= 15 is 0 Å². The molecule has 2 aliphatic heterocycles. The molecule has 318 valence electrons. The Morgan fingerprint density at radius 3 is 1.52 bits per heavy atom. The van der Waals surface area contributed by atoms with Crippen molar-refractivity contribution in [3.63, 3.8) is 0 Å². The van der Waals surface area contributed by atoms with Gasteiger partial charge in [-0.05, 0) is 138 Å². The van der Waals surface area contributed by atoms with Crippen LogP contribution in [0.5, 0.6) is 0 Å². The van der Waals surface area contributed by atoms with Crippen LogP contribution in [0.1, 0.15) is 108 Å². The lowest BCUT2D eigenvalue weighted by Gasteiger charge is -2.35. The number of benzene rings is 2. The molecule has 4 aliphatic rings. The van der Waals surface area contributed by atoms with Gasteiger partial charge in [-0.3, -0.25) is 9.97 Å². The zero-order chi connectivity index (χ0) is 42.6. The maximum absolute atomic E-state index is 12.0. The SMILES string of the molecule is CS(=O)(=O)N1CCC(C2c3ccc(Cl)cc3C=C(CCC=O)c3cccnc32)CC1.CS(=O)(=O)N1CCC(C2c3ccc(Cl)cc3C=C(CCCO)c3cccnc32)CC1. The molecule has 4 heterocycles. The third kappa shape index (κ3) is 9.96. The molecule has 2 aliphatic carbocycles. The van der Waals surface area contributed by atoms with E-state index in [2.05, 4.69) is 36.4 Å². The Hall–Kier alpha value is -3.75. The molecule has 10 nitrogen and oxygen atoms in total. The number of aliphatic hydroxyl groups excluding tert-OH is 1. The van der Waals surface area contributed by atoms with Crippen LogP contribution in [0.4, 0.5) is 0 Å². The first-order valence-electron chi connectivity index (χ1n) is 20.6. The largest absolute Gasteiger partial charge is 0.396 e. The van der Waals surface area contributed by atoms with Crippen molar-refractivity contribution in [3.8, 4) is 0 Å². The highest BCUT2D eigenvalue weighted by atomic mass is 35.5. The van der Waals surface area contributed by atoms with E-state index < -0.39 is 20.0 Å². The van der Waals surface area contributed by atoms with Crippen LogP contribution in [0, 0.1) is 11.8 Å².